The Bertz CT molecular complexity index is 876. The second kappa shape index (κ2) is 5.89. The van der Waals surface area contributed by atoms with E-state index in [0.717, 1.165) is 43.2 Å². The van der Waals surface area contributed by atoms with Gasteiger partial charge in [-0.05, 0) is 62.8 Å². The maximum absolute atomic E-state index is 12.9. The summed E-state index contributed by atoms with van der Waals surface area (Å²) in [7, 11) is 0. The van der Waals surface area contributed by atoms with Gasteiger partial charge in [-0.25, -0.2) is 0 Å². The Balaban J connectivity index is 1.29. The zero-order valence-electron chi connectivity index (χ0n) is 15.5. The van der Waals surface area contributed by atoms with Crippen LogP contribution in [-0.2, 0) is 16.1 Å². The second-order valence-electron chi connectivity index (χ2n) is 8.87. The summed E-state index contributed by atoms with van der Waals surface area (Å²) in [6, 6.07) is 7.81. The molecule has 6 heteroatoms. The van der Waals surface area contributed by atoms with Crippen molar-refractivity contribution in [1.29, 1.82) is 0 Å². The summed E-state index contributed by atoms with van der Waals surface area (Å²) >= 11 is 0. The van der Waals surface area contributed by atoms with Gasteiger partial charge in [-0.15, -0.1) is 0 Å². The number of ether oxygens (including phenoxy) is 1. The maximum Gasteiger partial charge on any atom is 0.312 e. The molecule has 0 radical (unpaired) electrons. The van der Waals surface area contributed by atoms with Crippen LogP contribution in [0.3, 0.4) is 0 Å². The van der Waals surface area contributed by atoms with E-state index < -0.39 is 11.0 Å². The van der Waals surface area contributed by atoms with Crippen LogP contribution >= 0.6 is 0 Å². The molecule has 4 fully saturated rings. The number of carbonyl (C=O) groups excluding carboxylic acids is 1. The lowest BCUT2D eigenvalue weighted by Crippen LogP contribution is -2.58. The Hall–Kier alpha value is -2.21. The molecule has 4 atom stereocenters. The number of hydrogen-bond donors (Lipinski definition) is 1. The summed E-state index contributed by atoms with van der Waals surface area (Å²) < 4.78 is 10.9. The van der Waals surface area contributed by atoms with Crippen molar-refractivity contribution in [1.82, 2.24) is 10.1 Å². The van der Waals surface area contributed by atoms with Gasteiger partial charge >= 0.3 is 5.97 Å². The summed E-state index contributed by atoms with van der Waals surface area (Å²) in [6.45, 7) is 1.97. The lowest BCUT2D eigenvalue weighted by molar-refractivity contribution is -0.197. The van der Waals surface area contributed by atoms with Gasteiger partial charge in [0.2, 0.25) is 5.82 Å². The first-order chi connectivity index (χ1) is 12.9. The molecule has 6 rings (SSSR count). The van der Waals surface area contributed by atoms with Crippen molar-refractivity contribution in [2.75, 3.05) is 0 Å². The average Bonchev–Trinajstić information content (AvgIpc) is 3.06. The van der Waals surface area contributed by atoms with Crippen molar-refractivity contribution in [3.05, 3.63) is 35.7 Å². The minimum absolute atomic E-state index is 0.0206. The molecule has 1 N–H and O–H groups in total. The van der Waals surface area contributed by atoms with Crippen LogP contribution in [0.4, 0.5) is 0 Å². The Morgan fingerprint density at radius 3 is 2.70 bits per heavy atom. The number of aliphatic hydroxyl groups is 1. The molecule has 142 valence electrons. The van der Waals surface area contributed by atoms with E-state index in [1.807, 2.05) is 31.2 Å². The van der Waals surface area contributed by atoms with E-state index in [4.69, 9.17) is 9.26 Å². The van der Waals surface area contributed by atoms with E-state index in [-0.39, 0.29) is 12.6 Å². The van der Waals surface area contributed by atoms with Crippen LogP contribution in [0.25, 0.3) is 11.4 Å². The van der Waals surface area contributed by atoms with Crippen LogP contribution in [0, 0.1) is 24.2 Å². The largest absolute Gasteiger partial charge is 0.455 e. The lowest BCUT2D eigenvalue weighted by atomic mass is 9.48. The van der Waals surface area contributed by atoms with Crippen molar-refractivity contribution in [3.8, 4) is 11.4 Å². The number of aromatic nitrogens is 2. The van der Waals surface area contributed by atoms with Crippen molar-refractivity contribution < 1.29 is 19.2 Å². The second-order valence-corrected chi connectivity index (χ2v) is 8.87. The van der Waals surface area contributed by atoms with Crippen molar-refractivity contribution >= 4 is 5.97 Å². The van der Waals surface area contributed by atoms with Gasteiger partial charge in [-0.1, -0.05) is 29.4 Å². The van der Waals surface area contributed by atoms with Gasteiger partial charge in [-0.3, -0.25) is 4.79 Å². The summed E-state index contributed by atoms with van der Waals surface area (Å²) in [5, 5.41) is 14.8. The van der Waals surface area contributed by atoms with Gasteiger partial charge in [0, 0.05) is 5.56 Å². The summed E-state index contributed by atoms with van der Waals surface area (Å²) in [5.41, 5.74) is 0.759. The third-order valence-electron chi connectivity index (χ3n) is 6.64. The predicted octanol–water partition coefficient (Wildman–Crippen LogP) is 3.42. The molecule has 0 saturated heterocycles. The Kier molecular flexibility index (Phi) is 3.69. The van der Waals surface area contributed by atoms with Gasteiger partial charge in [0.15, 0.2) is 6.61 Å². The fourth-order valence-electron chi connectivity index (χ4n) is 5.98. The lowest BCUT2D eigenvalue weighted by Gasteiger charge is -2.58. The Morgan fingerprint density at radius 2 is 2.00 bits per heavy atom. The molecule has 2 aromatic rings. The van der Waals surface area contributed by atoms with Crippen LogP contribution in [0.15, 0.2) is 28.8 Å². The molecule has 0 spiro atoms. The number of aryl methyl sites for hydroxylation is 1. The fourth-order valence-corrected chi connectivity index (χ4v) is 5.98. The van der Waals surface area contributed by atoms with E-state index in [9.17, 15) is 9.90 Å². The van der Waals surface area contributed by atoms with Crippen LogP contribution < -0.4 is 0 Å². The summed E-state index contributed by atoms with van der Waals surface area (Å²) in [5.74, 6) is 1.47. The fraction of sp³-hybridized carbons (Fsp3) is 0.571. The Labute approximate surface area is 157 Å². The number of benzene rings is 1. The molecule has 4 bridgehead atoms. The molecular weight excluding hydrogens is 344 g/mol. The van der Waals surface area contributed by atoms with Crippen LogP contribution in [0.1, 0.15) is 50.0 Å². The highest BCUT2D eigenvalue weighted by atomic mass is 16.6. The monoisotopic (exact) mass is 368 g/mol. The van der Waals surface area contributed by atoms with E-state index in [0.29, 0.717) is 30.0 Å². The number of nitrogens with zero attached hydrogens (tertiary/aromatic N) is 2. The molecule has 4 saturated carbocycles. The molecule has 4 aliphatic carbocycles. The summed E-state index contributed by atoms with van der Waals surface area (Å²) in [4.78, 5) is 17.3. The topological polar surface area (TPSA) is 85.5 Å². The number of rotatable bonds is 4. The molecule has 6 nitrogen and oxygen atoms in total. The third-order valence-corrected chi connectivity index (χ3v) is 6.64. The molecular formula is C21H24N2O4. The number of hydrogen-bond acceptors (Lipinski definition) is 6. The average molecular weight is 368 g/mol. The van der Waals surface area contributed by atoms with Gasteiger partial charge in [0.05, 0.1) is 11.0 Å². The van der Waals surface area contributed by atoms with Crippen molar-refractivity contribution in [2.45, 2.75) is 57.7 Å². The molecule has 4 aliphatic rings. The van der Waals surface area contributed by atoms with Crippen molar-refractivity contribution in [3.63, 3.8) is 0 Å². The van der Waals surface area contributed by atoms with Gasteiger partial charge in [-0.2, -0.15) is 4.98 Å². The normalized spacial score (nSPS) is 34.0. The minimum atomic E-state index is -0.675. The highest BCUT2D eigenvalue weighted by molar-refractivity contribution is 5.77. The minimum Gasteiger partial charge on any atom is -0.455 e. The first kappa shape index (κ1) is 16.9. The molecule has 2 unspecified atom stereocenters. The smallest absolute Gasteiger partial charge is 0.312 e. The zero-order valence-corrected chi connectivity index (χ0v) is 15.5. The van der Waals surface area contributed by atoms with Crippen LogP contribution in [0.5, 0.6) is 0 Å². The van der Waals surface area contributed by atoms with E-state index >= 15 is 0 Å². The van der Waals surface area contributed by atoms with Gasteiger partial charge in [0.1, 0.15) is 0 Å². The SMILES string of the molecule is Cc1ccccc1-c1noc(COC(=O)C23C[C@@H]4C[C@@H](CC(O)(C4)C2)C3)n1. The number of esters is 1. The first-order valence-electron chi connectivity index (χ1n) is 9.73. The van der Waals surface area contributed by atoms with Crippen LogP contribution in [-0.4, -0.2) is 26.8 Å². The van der Waals surface area contributed by atoms with Crippen LogP contribution in [0.2, 0.25) is 0 Å². The molecule has 27 heavy (non-hydrogen) atoms. The van der Waals surface area contributed by atoms with Gasteiger partial charge in [0.25, 0.3) is 5.89 Å². The summed E-state index contributed by atoms with van der Waals surface area (Å²) in [6.07, 6.45) is 5.01. The highest BCUT2D eigenvalue weighted by Crippen LogP contribution is 2.62. The molecule has 0 aliphatic heterocycles. The number of carbonyl (C=O) groups is 1. The standard InChI is InChI=1S/C21H24N2O4/c1-13-4-2-3-5-16(13)18-22-17(27-23-18)11-26-19(24)20-7-14-6-15(8-20)10-21(25,9-14)12-20/h2-5,14-15,25H,6-12H2,1H3/t14-,15+,20?,21?. The Morgan fingerprint density at radius 1 is 1.26 bits per heavy atom. The zero-order chi connectivity index (χ0) is 18.6. The molecule has 0 amide bonds. The van der Waals surface area contributed by atoms with Crippen molar-refractivity contribution in [2.24, 2.45) is 17.3 Å². The molecule has 1 aromatic carbocycles. The van der Waals surface area contributed by atoms with Gasteiger partial charge < -0.3 is 14.4 Å². The highest BCUT2D eigenvalue weighted by Gasteiger charge is 2.60. The van der Waals surface area contributed by atoms with E-state index in [2.05, 4.69) is 10.1 Å². The predicted molar refractivity (Wildman–Crippen MR) is 96.3 cm³/mol. The third kappa shape index (κ3) is 2.87. The molecule has 1 aromatic heterocycles. The quantitative estimate of drug-likeness (QED) is 0.833. The molecule has 1 heterocycles. The maximum atomic E-state index is 12.9. The van der Waals surface area contributed by atoms with E-state index in [1.54, 1.807) is 0 Å². The first-order valence-corrected chi connectivity index (χ1v) is 9.73. The van der Waals surface area contributed by atoms with E-state index in [1.165, 1.54) is 0 Å².